The molecular weight excluding hydrogens is 293 g/mol. The van der Waals surface area contributed by atoms with Gasteiger partial charge in [0.25, 0.3) is 5.65 Å². The topological polar surface area (TPSA) is 37.4 Å². The van der Waals surface area contributed by atoms with Crippen LogP contribution in [0.3, 0.4) is 0 Å². The van der Waals surface area contributed by atoms with E-state index in [4.69, 9.17) is 0 Å². The van der Waals surface area contributed by atoms with Crippen LogP contribution in [0.25, 0.3) is 0 Å². The summed E-state index contributed by atoms with van der Waals surface area (Å²) in [6.45, 7) is 20.2. The molecule has 0 saturated heterocycles. The number of amides is 1. The predicted octanol–water partition coefficient (Wildman–Crippen LogP) is 5.79. The molecule has 22 heavy (non-hydrogen) atoms. The van der Waals surface area contributed by atoms with Crippen LogP contribution in [-0.2, 0) is 4.57 Å². The van der Waals surface area contributed by atoms with Gasteiger partial charge in [0.2, 0.25) is 0 Å². The van der Waals surface area contributed by atoms with Crippen LogP contribution in [-0.4, -0.2) is 36.5 Å². The van der Waals surface area contributed by atoms with Gasteiger partial charge < -0.3 is 9.46 Å². The van der Waals surface area contributed by atoms with Crippen LogP contribution in [0.4, 0.5) is 4.79 Å². The SMILES string of the molecule is CC(C)CN(CC(C)C)C(=O)P(C)(=O)CC(C)CC(C)(C)C. The Kier molecular flexibility index (Phi) is 8.41. The molecule has 2 atom stereocenters. The molecule has 2 unspecified atom stereocenters. The fourth-order valence-electron chi connectivity index (χ4n) is 3.19. The maximum atomic E-state index is 13.0. The van der Waals surface area contributed by atoms with Gasteiger partial charge in [0.1, 0.15) is 0 Å². The van der Waals surface area contributed by atoms with Crippen LogP contribution in [0.5, 0.6) is 0 Å². The van der Waals surface area contributed by atoms with E-state index in [2.05, 4.69) is 55.4 Å². The van der Waals surface area contributed by atoms with E-state index in [0.29, 0.717) is 37.0 Å². The first-order chi connectivity index (χ1) is 9.74. The Morgan fingerprint density at radius 1 is 1.00 bits per heavy atom. The molecule has 132 valence electrons. The Morgan fingerprint density at radius 3 is 1.73 bits per heavy atom. The minimum Gasteiger partial charge on any atom is -0.336 e. The Bertz CT molecular complexity index is 386. The maximum Gasteiger partial charge on any atom is 0.280 e. The number of carbonyl (C=O) groups is 1. The summed E-state index contributed by atoms with van der Waals surface area (Å²) in [5.41, 5.74) is 0.0912. The summed E-state index contributed by atoms with van der Waals surface area (Å²) in [6.07, 6.45) is 1.52. The lowest BCUT2D eigenvalue weighted by atomic mass is 9.86. The van der Waals surface area contributed by atoms with Crippen LogP contribution in [0.15, 0.2) is 0 Å². The van der Waals surface area contributed by atoms with Crippen LogP contribution in [0, 0.1) is 23.2 Å². The van der Waals surface area contributed by atoms with Crippen molar-refractivity contribution >= 4 is 12.8 Å². The van der Waals surface area contributed by atoms with Crippen molar-refractivity contribution in [2.45, 2.75) is 61.8 Å². The van der Waals surface area contributed by atoms with E-state index in [1.165, 1.54) is 0 Å². The Labute approximate surface area is 138 Å². The molecule has 0 aliphatic heterocycles. The average Bonchev–Trinajstić information content (AvgIpc) is 2.21. The van der Waals surface area contributed by atoms with Gasteiger partial charge in [-0.1, -0.05) is 55.4 Å². The van der Waals surface area contributed by atoms with Gasteiger partial charge in [0.15, 0.2) is 7.14 Å². The molecular formula is C18H38NO2P. The molecule has 0 rings (SSSR count). The van der Waals surface area contributed by atoms with E-state index < -0.39 is 7.14 Å². The number of nitrogens with zero attached hydrogens (tertiary/aromatic N) is 1. The van der Waals surface area contributed by atoms with Crippen LogP contribution < -0.4 is 0 Å². The molecule has 3 nitrogen and oxygen atoms in total. The molecule has 1 amide bonds. The van der Waals surface area contributed by atoms with Gasteiger partial charge in [-0.2, -0.15) is 0 Å². The summed E-state index contributed by atoms with van der Waals surface area (Å²) in [6, 6.07) is 0. The lowest BCUT2D eigenvalue weighted by molar-refractivity contribution is 0.205. The first-order valence-electron chi connectivity index (χ1n) is 8.60. The first-order valence-corrected chi connectivity index (χ1v) is 10.9. The maximum absolute atomic E-state index is 13.0. The smallest absolute Gasteiger partial charge is 0.280 e. The molecule has 0 aromatic heterocycles. The Morgan fingerprint density at radius 2 is 1.41 bits per heavy atom. The highest BCUT2D eigenvalue weighted by Crippen LogP contribution is 2.47. The molecule has 0 saturated carbocycles. The van der Waals surface area contributed by atoms with Crippen LogP contribution >= 0.6 is 7.14 Å². The van der Waals surface area contributed by atoms with E-state index in [0.717, 1.165) is 6.42 Å². The van der Waals surface area contributed by atoms with Crippen molar-refractivity contribution in [3.63, 3.8) is 0 Å². The zero-order valence-corrected chi connectivity index (χ0v) is 17.2. The van der Waals surface area contributed by atoms with Crippen molar-refractivity contribution in [2.75, 3.05) is 25.9 Å². The highest BCUT2D eigenvalue weighted by atomic mass is 31.2. The average molecular weight is 331 g/mol. The highest BCUT2D eigenvalue weighted by molar-refractivity contribution is 7.79. The largest absolute Gasteiger partial charge is 0.336 e. The molecule has 0 aliphatic rings. The molecule has 0 radical (unpaired) electrons. The monoisotopic (exact) mass is 331 g/mol. The van der Waals surface area contributed by atoms with Crippen molar-refractivity contribution in [3.05, 3.63) is 0 Å². The third kappa shape index (κ3) is 8.98. The fourth-order valence-corrected chi connectivity index (χ4v) is 5.43. The lowest BCUT2D eigenvalue weighted by Crippen LogP contribution is -2.36. The summed E-state index contributed by atoms with van der Waals surface area (Å²) in [4.78, 5) is 14.6. The van der Waals surface area contributed by atoms with Gasteiger partial charge in [-0.05, 0) is 36.3 Å². The van der Waals surface area contributed by atoms with Gasteiger partial charge in [-0.25, -0.2) is 0 Å². The van der Waals surface area contributed by atoms with Gasteiger partial charge in [0.05, 0.1) is 0 Å². The normalized spacial score (nSPS) is 16.7. The predicted molar refractivity (Wildman–Crippen MR) is 98.3 cm³/mol. The Hall–Kier alpha value is -0.300. The lowest BCUT2D eigenvalue weighted by Gasteiger charge is -2.31. The summed E-state index contributed by atoms with van der Waals surface area (Å²) >= 11 is 0. The highest BCUT2D eigenvalue weighted by Gasteiger charge is 2.33. The summed E-state index contributed by atoms with van der Waals surface area (Å²) < 4.78 is 13.0. The van der Waals surface area contributed by atoms with E-state index in [-0.39, 0.29) is 11.1 Å². The van der Waals surface area contributed by atoms with E-state index in [1.807, 2.05) is 4.90 Å². The minimum absolute atomic E-state index is 0.115. The fraction of sp³-hybridized carbons (Fsp3) is 0.944. The van der Waals surface area contributed by atoms with Crippen molar-refractivity contribution in [1.29, 1.82) is 0 Å². The molecule has 0 aliphatic carbocycles. The van der Waals surface area contributed by atoms with Crippen molar-refractivity contribution in [1.82, 2.24) is 4.90 Å². The molecule has 0 fully saturated rings. The van der Waals surface area contributed by atoms with E-state index >= 15 is 0 Å². The van der Waals surface area contributed by atoms with Crippen molar-refractivity contribution < 1.29 is 9.36 Å². The number of rotatable bonds is 8. The van der Waals surface area contributed by atoms with Crippen LogP contribution in [0.1, 0.15) is 61.8 Å². The first kappa shape index (κ1) is 21.7. The van der Waals surface area contributed by atoms with E-state index in [1.54, 1.807) is 6.66 Å². The van der Waals surface area contributed by atoms with Crippen LogP contribution in [0.2, 0.25) is 0 Å². The van der Waals surface area contributed by atoms with Gasteiger partial charge >= 0.3 is 0 Å². The quantitative estimate of drug-likeness (QED) is 0.528. The zero-order valence-electron chi connectivity index (χ0n) is 16.3. The van der Waals surface area contributed by atoms with Gasteiger partial charge in [-0.3, -0.25) is 4.79 Å². The molecule has 4 heteroatoms. The number of carbonyl (C=O) groups excluding carboxylic acids is 1. The van der Waals surface area contributed by atoms with Crippen molar-refractivity contribution in [2.24, 2.45) is 23.2 Å². The van der Waals surface area contributed by atoms with E-state index in [9.17, 15) is 9.36 Å². The second kappa shape index (κ2) is 8.52. The van der Waals surface area contributed by atoms with Gasteiger partial charge in [-0.15, -0.1) is 0 Å². The molecule has 0 aromatic rings. The molecule has 0 aromatic carbocycles. The second-order valence-corrected chi connectivity index (χ2v) is 12.1. The summed E-state index contributed by atoms with van der Waals surface area (Å²) in [5.74, 6) is 1.10. The number of hydrogen-bond acceptors (Lipinski definition) is 2. The molecule has 0 heterocycles. The summed E-state index contributed by atoms with van der Waals surface area (Å²) in [5, 5.41) is 0. The summed E-state index contributed by atoms with van der Waals surface area (Å²) in [7, 11) is -2.81. The second-order valence-electron chi connectivity index (χ2n) is 9.13. The standard InChI is InChI=1S/C18H38NO2P/c1-14(2)11-19(12-15(3)4)17(20)22(9,21)13-16(5)10-18(6,7)8/h14-16H,10-13H2,1-9H3. The number of hydrogen-bond donors (Lipinski definition) is 0. The molecule has 0 bridgehead atoms. The Balaban J connectivity index is 4.97. The molecule has 0 spiro atoms. The third-order valence-corrected chi connectivity index (χ3v) is 5.88. The van der Waals surface area contributed by atoms with Gasteiger partial charge in [0, 0.05) is 19.3 Å². The van der Waals surface area contributed by atoms with Crippen molar-refractivity contribution in [3.8, 4) is 0 Å². The zero-order chi connectivity index (χ0) is 17.7. The minimum atomic E-state index is -2.81. The molecule has 0 N–H and O–H groups in total. The third-order valence-electron chi connectivity index (χ3n) is 3.47.